The van der Waals surface area contributed by atoms with Gasteiger partial charge in [0.2, 0.25) is 0 Å². The van der Waals surface area contributed by atoms with Crippen LogP contribution in [0.2, 0.25) is 5.02 Å². The summed E-state index contributed by atoms with van der Waals surface area (Å²) in [5, 5.41) is 3.59. The highest BCUT2D eigenvalue weighted by atomic mass is 79.9. The number of nitrogens with one attached hydrogen (secondary N) is 1. The summed E-state index contributed by atoms with van der Waals surface area (Å²) in [6.45, 7) is 1.28. The number of rotatable bonds is 5. The molecule has 0 aliphatic heterocycles. The summed E-state index contributed by atoms with van der Waals surface area (Å²) in [4.78, 5) is 33.2. The molecule has 0 saturated carbocycles. The lowest BCUT2D eigenvalue weighted by atomic mass is 10.3. The van der Waals surface area contributed by atoms with Gasteiger partial charge in [-0.2, -0.15) is 0 Å². The molecule has 0 radical (unpaired) electrons. The molecule has 3 rings (SSSR count). The first-order valence-corrected chi connectivity index (χ1v) is 9.73. The van der Waals surface area contributed by atoms with Crippen molar-refractivity contribution in [3.05, 3.63) is 62.7 Å². The molecule has 0 aliphatic rings. The Morgan fingerprint density at radius 2 is 2.11 bits per heavy atom. The van der Waals surface area contributed by atoms with Crippen LogP contribution in [0.3, 0.4) is 0 Å². The van der Waals surface area contributed by atoms with Gasteiger partial charge in [-0.1, -0.05) is 33.6 Å². The Hall–Kier alpha value is -2.29. The number of hydrogen-bond acceptors (Lipinski definition) is 6. The number of nitrogens with zero attached hydrogens (tertiary/aromatic N) is 2. The molecule has 2 aromatic heterocycles. The summed E-state index contributed by atoms with van der Waals surface area (Å²) < 4.78 is 5.90. The second-order valence-corrected chi connectivity index (χ2v) is 7.72. The third-order valence-electron chi connectivity index (χ3n) is 3.41. The van der Waals surface area contributed by atoms with Crippen molar-refractivity contribution in [2.24, 2.45) is 0 Å². The molecule has 1 amide bonds. The van der Waals surface area contributed by atoms with Crippen LogP contribution < -0.4 is 5.32 Å². The standard InChI is InChI=1S/C18H13BrClN3O3S/c1-10-16(27-17(22-10)14-4-2-3-7-21-14)18(25)26-9-15(24)23-13-6-5-11(19)8-12(13)20/h2-8H,9H2,1H3,(H,23,24). The summed E-state index contributed by atoms with van der Waals surface area (Å²) in [7, 11) is 0. The third kappa shape index (κ3) is 4.91. The topological polar surface area (TPSA) is 81.2 Å². The lowest BCUT2D eigenvalue weighted by molar-refractivity contribution is -0.119. The molecule has 0 bridgehead atoms. The van der Waals surface area contributed by atoms with Crippen molar-refractivity contribution in [2.45, 2.75) is 6.92 Å². The second-order valence-electron chi connectivity index (χ2n) is 5.40. The van der Waals surface area contributed by atoms with Crippen molar-refractivity contribution >= 4 is 56.4 Å². The largest absolute Gasteiger partial charge is 0.451 e. The Balaban J connectivity index is 1.62. The van der Waals surface area contributed by atoms with Crippen LogP contribution in [0.5, 0.6) is 0 Å². The number of esters is 1. The van der Waals surface area contributed by atoms with Gasteiger partial charge in [-0.25, -0.2) is 9.78 Å². The monoisotopic (exact) mass is 465 g/mol. The predicted octanol–water partition coefficient (Wildman–Crippen LogP) is 4.72. The van der Waals surface area contributed by atoms with Crippen LogP contribution in [0.15, 0.2) is 47.1 Å². The Kier molecular flexibility index (Phi) is 6.20. The first kappa shape index (κ1) is 19.5. The van der Waals surface area contributed by atoms with Crippen LogP contribution in [-0.2, 0) is 9.53 Å². The molecular weight excluding hydrogens is 454 g/mol. The van der Waals surface area contributed by atoms with E-state index in [9.17, 15) is 9.59 Å². The number of thiazole rings is 1. The van der Waals surface area contributed by atoms with Crippen LogP contribution >= 0.6 is 38.9 Å². The van der Waals surface area contributed by atoms with Gasteiger partial charge in [-0.15, -0.1) is 11.3 Å². The molecule has 0 saturated heterocycles. The van der Waals surface area contributed by atoms with Crippen molar-refractivity contribution in [3.8, 4) is 10.7 Å². The maximum absolute atomic E-state index is 12.3. The van der Waals surface area contributed by atoms with Gasteiger partial charge >= 0.3 is 5.97 Å². The molecule has 9 heteroatoms. The van der Waals surface area contributed by atoms with Crippen LogP contribution in [0.25, 0.3) is 10.7 Å². The van der Waals surface area contributed by atoms with E-state index in [0.717, 1.165) is 4.47 Å². The van der Waals surface area contributed by atoms with Gasteiger partial charge in [0, 0.05) is 10.7 Å². The van der Waals surface area contributed by atoms with Crippen LogP contribution in [0.4, 0.5) is 5.69 Å². The number of benzene rings is 1. The third-order valence-corrected chi connectivity index (χ3v) is 5.37. The zero-order chi connectivity index (χ0) is 19.4. The van der Waals surface area contributed by atoms with E-state index in [1.54, 1.807) is 37.4 Å². The first-order valence-electron chi connectivity index (χ1n) is 7.75. The van der Waals surface area contributed by atoms with Gasteiger partial charge in [0.15, 0.2) is 6.61 Å². The highest BCUT2D eigenvalue weighted by molar-refractivity contribution is 9.10. The Bertz CT molecular complexity index is 995. The van der Waals surface area contributed by atoms with Crippen molar-refractivity contribution in [1.29, 1.82) is 0 Å². The number of halogens is 2. The van der Waals surface area contributed by atoms with E-state index in [2.05, 4.69) is 31.2 Å². The number of carbonyl (C=O) groups is 2. The van der Waals surface area contributed by atoms with Crippen molar-refractivity contribution in [1.82, 2.24) is 9.97 Å². The fourth-order valence-electron chi connectivity index (χ4n) is 2.16. The number of aryl methyl sites for hydroxylation is 1. The smallest absolute Gasteiger partial charge is 0.350 e. The van der Waals surface area contributed by atoms with E-state index in [4.69, 9.17) is 16.3 Å². The van der Waals surface area contributed by atoms with Gasteiger partial charge in [-0.3, -0.25) is 9.78 Å². The molecule has 0 unspecified atom stereocenters. The minimum absolute atomic E-state index is 0.338. The molecule has 1 aromatic carbocycles. The Morgan fingerprint density at radius 3 is 2.81 bits per heavy atom. The van der Waals surface area contributed by atoms with Gasteiger partial charge in [0.05, 0.1) is 22.1 Å². The summed E-state index contributed by atoms with van der Waals surface area (Å²) in [6.07, 6.45) is 1.65. The van der Waals surface area contributed by atoms with Crippen LogP contribution in [0.1, 0.15) is 15.4 Å². The number of ether oxygens (including phenoxy) is 1. The van der Waals surface area contributed by atoms with E-state index >= 15 is 0 Å². The van der Waals surface area contributed by atoms with Gasteiger partial charge < -0.3 is 10.1 Å². The number of amides is 1. The molecule has 0 spiro atoms. The molecule has 0 aliphatic carbocycles. The van der Waals surface area contributed by atoms with E-state index in [0.29, 0.717) is 32.0 Å². The number of carbonyl (C=O) groups excluding carboxylic acids is 2. The maximum Gasteiger partial charge on any atom is 0.350 e. The number of aromatic nitrogens is 2. The lowest BCUT2D eigenvalue weighted by Gasteiger charge is -2.08. The zero-order valence-corrected chi connectivity index (χ0v) is 17.2. The minimum Gasteiger partial charge on any atom is -0.451 e. The summed E-state index contributed by atoms with van der Waals surface area (Å²) in [5.41, 5.74) is 1.64. The molecule has 3 aromatic rings. The van der Waals surface area contributed by atoms with Crippen molar-refractivity contribution < 1.29 is 14.3 Å². The van der Waals surface area contributed by atoms with Gasteiger partial charge in [-0.05, 0) is 37.3 Å². The normalized spacial score (nSPS) is 10.5. The first-order chi connectivity index (χ1) is 12.9. The van der Waals surface area contributed by atoms with E-state index in [1.807, 2.05) is 12.1 Å². The second kappa shape index (κ2) is 8.60. The highest BCUT2D eigenvalue weighted by Gasteiger charge is 2.19. The van der Waals surface area contributed by atoms with Crippen molar-refractivity contribution in [3.63, 3.8) is 0 Å². The summed E-state index contributed by atoms with van der Waals surface area (Å²) >= 11 is 10.5. The highest BCUT2D eigenvalue weighted by Crippen LogP contribution is 2.27. The quantitative estimate of drug-likeness (QED) is 0.550. The SMILES string of the molecule is Cc1nc(-c2ccccn2)sc1C(=O)OCC(=O)Nc1ccc(Br)cc1Cl. The molecule has 0 fully saturated rings. The van der Waals surface area contributed by atoms with E-state index in [-0.39, 0.29) is 0 Å². The molecule has 1 N–H and O–H groups in total. The van der Waals surface area contributed by atoms with Crippen LogP contribution in [-0.4, -0.2) is 28.5 Å². The molecule has 27 heavy (non-hydrogen) atoms. The predicted molar refractivity (Wildman–Crippen MR) is 108 cm³/mol. The molecule has 2 heterocycles. The molecule has 0 atom stereocenters. The molecular formula is C18H13BrClN3O3S. The molecule has 6 nitrogen and oxygen atoms in total. The molecule has 138 valence electrons. The number of hydrogen-bond donors (Lipinski definition) is 1. The van der Waals surface area contributed by atoms with E-state index < -0.39 is 18.5 Å². The van der Waals surface area contributed by atoms with Crippen molar-refractivity contribution in [2.75, 3.05) is 11.9 Å². The maximum atomic E-state index is 12.3. The summed E-state index contributed by atoms with van der Waals surface area (Å²) in [6, 6.07) is 10.5. The Labute approximate surface area is 172 Å². The average Bonchev–Trinajstić information content (AvgIpc) is 3.05. The fourth-order valence-corrected chi connectivity index (χ4v) is 3.82. The average molecular weight is 467 g/mol. The number of anilines is 1. The number of pyridine rings is 1. The van der Waals surface area contributed by atoms with Crippen LogP contribution in [0, 0.1) is 6.92 Å². The summed E-state index contributed by atoms with van der Waals surface area (Å²) in [5.74, 6) is -1.09. The van der Waals surface area contributed by atoms with Gasteiger partial charge in [0.1, 0.15) is 9.88 Å². The fraction of sp³-hybridized carbons (Fsp3) is 0.111. The van der Waals surface area contributed by atoms with Gasteiger partial charge in [0.25, 0.3) is 5.91 Å². The Morgan fingerprint density at radius 1 is 1.30 bits per heavy atom. The lowest BCUT2D eigenvalue weighted by Crippen LogP contribution is -2.21. The minimum atomic E-state index is -0.607. The van der Waals surface area contributed by atoms with E-state index in [1.165, 1.54) is 11.3 Å². The zero-order valence-electron chi connectivity index (χ0n) is 14.0.